The number of phenols is 1. The summed E-state index contributed by atoms with van der Waals surface area (Å²) in [6.07, 6.45) is 3.79. The lowest BCUT2D eigenvalue weighted by atomic mass is 10.2. The summed E-state index contributed by atoms with van der Waals surface area (Å²) < 4.78 is 5.01. The van der Waals surface area contributed by atoms with Crippen LogP contribution in [0.2, 0.25) is 0 Å². The van der Waals surface area contributed by atoms with Crippen molar-refractivity contribution in [1.82, 2.24) is 10.7 Å². The van der Waals surface area contributed by atoms with E-state index in [9.17, 15) is 5.11 Å². The summed E-state index contributed by atoms with van der Waals surface area (Å²) in [7, 11) is 1.50. The van der Waals surface area contributed by atoms with Gasteiger partial charge in [0.15, 0.2) is 16.6 Å². The van der Waals surface area contributed by atoms with Gasteiger partial charge in [0, 0.05) is 6.54 Å². The van der Waals surface area contributed by atoms with Crippen LogP contribution in [0.5, 0.6) is 11.5 Å². The van der Waals surface area contributed by atoms with E-state index < -0.39 is 0 Å². The molecular weight excluding hydrogens is 262 g/mol. The van der Waals surface area contributed by atoms with Crippen LogP contribution in [-0.4, -0.2) is 30.1 Å². The van der Waals surface area contributed by atoms with Gasteiger partial charge in [-0.3, -0.25) is 5.43 Å². The molecule has 0 fully saturated rings. The third-order valence-corrected chi connectivity index (χ3v) is 2.64. The van der Waals surface area contributed by atoms with Crippen molar-refractivity contribution in [2.24, 2.45) is 5.10 Å². The highest BCUT2D eigenvalue weighted by molar-refractivity contribution is 7.80. The van der Waals surface area contributed by atoms with E-state index in [2.05, 4.69) is 22.8 Å². The van der Waals surface area contributed by atoms with Crippen LogP contribution in [-0.2, 0) is 0 Å². The Morgan fingerprint density at radius 2 is 2.32 bits per heavy atom. The van der Waals surface area contributed by atoms with Crippen molar-refractivity contribution in [1.29, 1.82) is 0 Å². The van der Waals surface area contributed by atoms with Gasteiger partial charge < -0.3 is 15.2 Å². The summed E-state index contributed by atoms with van der Waals surface area (Å²) in [4.78, 5) is 0. The van der Waals surface area contributed by atoms with Crippen LogP contribution >= 0.6 is 12.2 Å². The minimum Gasteiger partial charge on any atom is -0.504 e. The first-order valence-electron chi connectivity index (χ1n) is 6.11. The summed E-state index contributed by atoms with van der Waals surface area (Å²) >= 11 is 5.05. The second-order valence-electron chi connectivity index (χ2n) is 3.91. The molecule has 0 spiro atoms. The average Bonchev–Trinajstić information content (AvgIpc) is 2.41. The lowest BCUT2D eigenvalue weighted by Gasteiger charge is -2.06. The molecule has 0 aliphatic heterocycles. The van der Waals surface area contributed by atoms with Crippen molar-refractivity contribution in [2.75, 3.05) is 13.7 Å². The Hall–Kier alpha value is -1.82. The molecule has 0 unspecified atom stereocenters. The monoisotopic (exact) mass is 281 g/mol. The molecule has 0 aliphatic rings. The molecule has 0 saturated heterocycles. The lowest BCUT2D eigenvalue weighted by molar-refractivity contribution is 0.373. The van der Waals surface area contributed by atoms with Crippen molar-refractivity contribution in [2.45, 2.75) is 19.8 Å². The van der Waals surface area contributed by atoms with E-state index in [1.165, 1.54) is 7.11 Å². The highest BCUT2D eigenvalue weighted by atomic mass is 32.1. The Bertz CT molecular complexity index is 450. The van der Waals surface area contributed by atoms with Crippen molar-refractivity contribution in [3.63, 3.8) is 0 Å². The number of phenolic OH excluding ortho intramolecular Hbond substituents is 1. The molecule has 0 radical (unpaired) electrons. The second-order valence-corrected chi connectivity index (χ2v) is 4.32. The van der Waals surface area contributed by atoms with Crippen molar-refractivity contribution in [3.05, 3.63) is 23.8 Å². The highest BCUT2D eigenvalue weighted by Crippen LogP contribution is 2.25. The highest BCUT2D eigenvalue weighted by Gasteiger charge is 2.00. The van der Waals surface area contributed by atoms with Gasteiger partial charge in [0.25, 0.3) is 0 Å². The van der Waals surface area contributed by atoms with Crippen LogP contribution in [0.3, 0.4) is 0 Å². The largest absolute Gasteiger partial charge is 0.504 e. The van der Waals surface area contributed by atoms with Crippen LogP contribution in [0.4, 0.5) is 0 Å². The van der Waals surface area contributed by atoms with Gasteiger partial charge in [-0.05, 0) is 42.4 Å². The summed E-state index contributed by atoms with van der Waals surface area (Å²) in [6, 6.07) is 4.97. The first kappa shape index (κ1) is 15.2. The van der Waals surface area contributed by atoms with Crippen molar-refractivity contribution >= 4 is 23.5 Å². The predicted molar refractivity (Wildman–Crippen MR) is 80.9 cm³/mol. The van der Waals surface area contributed by atoms with E-state index in [1.54, 1.807) is 24.4 Å². The first-order chi connectivity index (χ1) is 9.17. The molecular formula is C13H19N3O2S. The molecule has 1 rings (SSSR count). The molecule has 1 aromatic carbocycles. The fourth-order valence-electron chi connectivity index (χ4n) is 1.36. The van der Waals surface area contributed by atoms with Crippen LogP contribution in [0.15, 0.2) is 23.3 Å². The van der Waals surface area contributed by atoms with Gasteiger partial charge in [-0.25, -0.2) is 0 Å². The molecule has 5 nitrogen and oxygen atoms in total. The number of hydrazone groups is 1. The third-order valence-electron chi connectivity index (χ3n) is 2.40. The molecule has 0 atom stereocenters. The molecule has 0 bridgehead atoms. The third kappa shape index (κ3) is 5.56. The summed E-state index contributed by atoms with van der Waals surface area (Å²) in [5.41, 5.74) is 3.53. The summed E-state index contributed by atoms with van der Waals surface area (Å²) in [5.74, 6) is 0.511. The number of nitrogens with zero attached hydrogens (tertiary/aromatic N) is 1. The maximum absolute atomic E-state index is 9.45. The van der Waals surface area contributed by atoms with Crippen LogP contribution in [0, 0.1) is 0 Å². The topological polar surface area (TPSA) is 65.9 Å². The van der Waals surface area contributed by atoms with E-state index in [0.717, 1.165) is 24.9 Å². The van der Waals surface area contributed by atoms with Gasteiger partial charge in [0.1, 0.15) is 0 Å². The van der Waals surface area contributed by atoms with Crippen LogP contribution in [0.25, 0.3) is 0 Å². The molecule has 0 saturated carbocycles. The maximum Gasteiger partial charge on any atom is 0.186 e. The normalized spacial score (nSPS) is 10.4. The molecule has 1 aromatic rings. The van der Waals surface area contributed by atoms with E-state index in [1.807, 2.05) is 0 Å². The lowest BCUT2D eigenvalue weighted by Crippen LogP contribution is -2.32. The van der Waals surface area contributed by atoms with Crippen LogP contribution < -0.4 is 15.5 Å². The van der Waals surface area contributed by atoms with Gasteiger partial charge in [-0.1, -0.05) is 13.3 Å². The quantitative estimate of drug-likeness (QED) is 0.322. The van der Waals surface area contributed by atoms with Gasteiger partial charge >= 0.3 is 0 Å². The minimum absolute atomic E-state index is 0.101. The number of ether oxygens (including phenoxy) is 1. The number of nitrogens with one attached hydrogen (secondary N) is 2. The van der Waals surface area contributed by atoms with Crippen molar-refractivity contribution < 1.29 is 9.84 Å². The molecule has 19 heavy (non-hydrogen) atoms. The fraction of sp³-hybridized carbons (Fsp3) is 0.385. The van der Waals surface area contributed by atoms with E-state index >= 15 is 0 Å². The standard InChI is InChI=1S/C13H19N3O2S/c1-3-4-7-14-13(19)16-15-9-10-5-6-11(17)12(8-10)18-2/h5-6,8-9,17H,3-4,7H2,1-2H3,(H2,14,16,19). The number of benzene rings is 1. The number of rotatable bonds is 6. The predicted octanol–water partition coefficient (Wildman–Crippen LogP) is 2.00. The van der Waals surface area contributed by atoms with Crippen molar-refractivity contribution in [3.8, 4) is 11.5 Å². The van der Waals surface area contributed by atoms with E-state index in [4.69, 9.17) is 17.0 Å². The fourth-order valence-corrected chi connectivity index (χ4v) is 1.51. The van der Waals surface area contributed by atoms with Gasteiger partial charge in [-0.2, -0.15) is 5.10 Å². The SMILES string of the molecule is CCCCNC(=S)NN=Cc1ccc(O)c(OC)c1. The number of aromatic hydroxyl groups is 1. The number of unbranched alkanes of at least 4 members (excludes halogenated alkanes) is 1. The van der Waals surface area contributed by atoms with Gasteiger partial charge in [0.2, 0.25) is 0 Å². The molecule has 3 N–H and O–H groups in total. The minimum atomic E-state index is 0.101. The zero-order valence-corrected chi connectivity index (χ0v) is 12.0. The summed E-state index contributed by atoms with van der Waals surface area (Å²) in [5, 5.41) is 17.0. The second kappa shape index (κ2) is 8.31. The van der Waals surface area contributed by atoms with Crippen LogP contribution in [0.1, 0.15) is 25.3 Å². The van der Waals surface area contributed by atoms with E-state index in [0.29, 0.717) is 10.9 Å². The average molecular weight is 281 g/mol. The zero-order valence-electron chi connectivity index (χ0n) is 11.1. The number of hydrogen-bond acceptors (Lipinski definition) is 4. The Balaban J connectivity index is 2.46. The Morgan fingerprint density at radius 3 is 3.00 bits per heavy atom. The van der Waals surface area contributed by atoms with Gasteiger partial charge in [0.05, 0.1) is 13.3 Å². The Labute approximate surface area is 118 Å². The molecule has 6 heteroatoms. The molecule has 0 amide bonds. The Kier molecular flexibility index (Phi) is 6.67. The number of methoxy groups -OCH3 is 1. The molecule has 104 valence electrons. The molecule has 0 heterocycles. The maximum atomic E-state index is 9.45. The molecule has 0 aromatic heterocycles. The first-order valence-corrected chi connectivity index (χ1v) is 6.52. The summed E-state index contributed by atoms with van der Waals surface area (Å²) in [6.45, 7) is 2.96. The van der Waals surface area contributed by atoms with E-state index in [-0.39, 0.29) is 5.75 Å². The number of thiocarbonyl (C=S) groups is 1. The number of hydrogen-bond donors (Lipinski definition) is 3. The zero-order chi connectivity index (χ0) is 14.1. The Morgan fingerprint density at radius 1 is 1.53 bits per heavy atom. The van der Waals surface area contributed by atoms with Gasteiger partial charge in [-0.15, -0.1) is 0 Å². The smallest absolute Gasteiger partial charge is 0.186 e. The molecule has 0 aliphatic carbocycles.